The van der Waals surface area contributed by atoms with Crippen molar-refractivity contribution in [3.8, 4) is 0 Å². The molecule has 0 spiro atoms. The number of benzene rings is 1. The van der Waals surface area contributed by atoms with Crippen LogP contribution >= 0.6 is 0 Å². The van der Waals surface area contributed by atoms with Gasteiger partial charge in [-0.05, 0) is 36.5 Å². The molecule has 5 nitrogen and oxygen atoms in total. The summed E-state index contributed by atoms with van der Waals surface area (Å²) in [6, 6.07) is 6.42. The van der Waals surface area contributed by atoms with Crippen LogP contribution in [0.1, 0.15) is 37.7 Å². The molecule has 2 rings (SSSR count). The van der Waals surface area contributed by atoms with Gasteiger partial charge in [0.05, 0.1) is 13.1 Å². The smallest absolute Gasteiger partial charge is 0.241 e. The van der Waals surface area contributed by atoms with Crippen LogP contribution in [-0.4, -0.2) is 44.0 Å². The molecule has 1 fully saturated rings. The zero-order chi connectivity index (χ0) is 18.1. The third-order valence-corrected chi connectivity index (χ3v) is 4.50. The first-order chi connectivity index (χ1) is 12.0. The van der Waals surface area contributed by atoms with E-state index in [1.165, 1.54) is 44.2 Å². The van der Waals surface area contributed by atoms with Crippen LogP contribution in [0.2, 0.25) is 0 Å². The predicted octanol–water partition coefficient (Wildman–Crippen LogP) is 2.53. The topological polar surface area (TPSA) is 56.7 Å². The fourth-order valence-corrected chi connectivity index (χ4v) is 2.93. The molecule has 0 unspecified atom stereocenters. The Balaban J connectivity index is 1.94. The van der Waals surface area contributed by atoms with Crippen LogP contribution in [0.25, 0.3) is 0 Å². The lowest BCUT2D eigenvalue weighted by molar-refractivity contribution is -0.127. The Morgan fingerprint density at radius 2 is 2.00 bits per heavy atom. The van der Waals surface area contributed by atoms with Gasteiger partial charge < -0.3 is 15.5 Å². The number of nitrogens with zero attached hydrogens (tertiary/aromatic N) is 2. The number of nitrogens with one attached hydrogen (secondary N) is 2. The van der Waals surface area contributed by atoms with Crippen LogP contribution in [0.5, 0.6) is 0 Å². The van der Waals surface area contributed by atoms with E-state index in [4.69, 9.17) is 0 Å². The number of halogens is 1. The van der Waals surface area contributed by atoms with Crippen molar-refractivity contribution < 1.29 is 9.18 Å². The number of amides is 1. The minimum atomic E-state index is -0.264. The first-order valence-corrected chi connectivity index (χ1v) is 9.01. The normalized spacial score (nSPS) is 15.7. The van der Waals surface area contributed by atoms with E-state index in [2.05, 4.69) is 15.6 Å². The predicted molar refractivity (Wildman–Crippen MR) is 98.8 cm³/mol. The molecule has 1 aliphatic carbocycles. The van der Waals surface area contributed by atoms with Crippen LogP contribution in [-0.2, 0) is 11.3 Å². The zero-order valence-electron chi connectivity index (χ0n) is 15.2. The van der Waals surface area contributed by atoms with E-state index in [1.807, 2.05) is 6.07 Å². The SMILES string of the molecule is CN(C)C(=O)CNC(=NCc1cccc(F)c1)NCC1CCCCC1. The first kappa shape index (κ1) is 19.2. The van der Waals surface area contributed by atoms with Gasteiger partial charge in [0.1, 0.15) is 5.82 Å². The van der Waals surface area contributed by atoms with Crippen LogP contribution in [0.15, 0.2) is 29.3 Å². The summed E-state index contributed by atoms with van der Waals surface area (Å²) in [4.78, 5) is 17.9. The number of carbonyl (C=O) groups is 1. The van der Waals surface area contributed by atoms with Crippen LogP contribution < -0.4 is 10.6 Å². The van der Waals surface area contributed by atoms with Gasteiger partial charge in [0.2, 0.25) is 5.91 Å². The fourth-order valence-electron chi connectivity index (χ4n) is 2.93. The van der Waals surface area contributed by atoms with E-state index >= 15 is 0 Å². The molecule has 1 aromatic rings. The van der Waals surface area contributed by atoms with Gasteiger partial charge in [-0.3, -0.25) is 4.79 Å². The molecule has 1 aromatic carbocycles. The second-order valence-corrected chi connectivity index (χ2v) is 6.82. The highest BCUT2D eigenvalue weighted by atomic mass is 19.1. The van der Waals surface area contributed by atoms with E-state index in [0.29, 0.717) is 18.4 Å². The maximum Gasteiger partial charge on any atom is 0.241 e. The highest BCUT2D eigenvalue weighted by molar-refractivity contribution is 5.86. The largest absolute Gasteiger partial charge is 0.356 e. The molecule has 0 radical (unpaired) electrons. The lowest BCUT2D eigenvalue weighted by Crippen LogP contribution is -2.44. The van der Waals surface area contributed by atoms with Gasteiger partial charge in [0.25, 0.3) is 0 Å². The Morgan fingerprint density at radius 1 is 1.24 bits per heavy atom. The molecule has 0 heterocycles. The Hall–Kier alpha value is -2.11. The van der Waals surface area contributed by atoms with Crippen molar-refractivity contribution in [1.29, 1.82) is 0 Å². The summed E-state index contributed by atoms with van der Waals surface area (Å²) >= 11 is 0. The van der Waals surface area contributed by atoms with Crippen LogP contribution in [0.3, 0.4) is 0 Å². The quantitative estimate of drug-likeness (QED) is 0.614. The summed E-state index contributed by atoms with van der Waals surface area (Å²) in [5.41, 5.74) is 0.803. The second kappa shape index (κ2) is 10.0. The maximum absolute atomic E-state index is 13.3. The molecule has 2 N–H and O–H groups in total. The number of rotatable bonds is 6. The van der Waals surface area contributed by atoms with E-state index in [1.54, 1.807) is 25.1 Å². The van der Waals surface area contributed by atoms with Gasteiger partial charge in [0.15, 0.2) is 5.96 Å². The summed E-state index contributed by atoms with van der Waals surface area (Å²) in [6.45, 7) is 1.41. The molecule has 6 heteroatoms. The average molecular weight is 348 g/mol. The lowest BCUT2D eigenvalue weighted by Gasteiger charge is -2.23. The summed E-state index contributed by atoms with van der Waals surface area (Å²) in [5.74, 6) is 0.975. The highest BCUT2D eigenvalue weighted by Gasteiger charge is 2.14. The third-order valence-electron chi connectivity index (χ3n) is 4.50. The molecule has 25 heavy (non-hydrogen) atoms. The molecule has 1 amide bonds. The molecular weight excluding hydrogens is 319 g/mol. The van der Waals surface area contributed by atoms with Crippen LogP contribution in [0, 0.1) is 11.7 Å². The maximum atomic E-state index is 13.3. The molecular formula is C19H29FN4O. The second-order valence-electron chi connectivity index (χ2n) is 6.82. The third kappa shape index (κ3) is 7.11. The number of guanidine groups is 1. The first-order valence-electron chi connectivity index (χ1n) is 9.01. The molecule has 138 valence electrons. The van der Waals surface area contributed by atoms with Gasteiger partial charge in [-0.2, -0.15) is 0 Å². The summed E-state index contributed by atoms with van der Waals surface area (Å²) in [5, 5.41) is 6.42. The summed E-state index contributed by atoms with van der Waals surface area (Å²) < 4.78 is 13.3. The van der Waals surface area contributed by atoms with Crippen molar-refractivity contribution in [2.45, 2.75) is 38.6 Å². The van der Waals surface area contributed by atoms with Gasteiger partial charge in [0, 0.05) is 20.6 Å². The highest BCUT2D eigenvalue weighted by Crippen LogP contribution is 2.22. The van der Waals surface area contributed by atoms with Gasteiger partial charge in [-0.1, -0.05) is 31.4 Å². The molecule has 0 atom stereocenters. The molecule has 0 aliphatic heterocycles. The molecule has 0 aromatic heterocycles. The Morgan fingerprint density at radius 3 is 2.68 bits per heavy atom. The van der Waals surface area contributed by atoms with Crippen molar-refractivity contribution in [3.63, 3.8) is 0 Å². The van der Waals surface area contributed by atoms with Crippen molar-refractivity contribution in [2.75, 3.05) is 27.2 Å². The van der Waals surface area contributed by atoms with Gasteiger partial charge in [-0.25, -0.2) is 9.38 Å². The van der Waals surface area contributed by atoms with E-state index in [-0.39, 0.29) is 18.3 Å². The van der Waals surface area contributed by atoms with Crippen molar-refractivity contribution >= 4 is 11.9 Å². The Labute approximate surface area is 149 Å². The molecule has 1 aliphatic rings. The number of aliphatic imine (C=N–C) groups is 1. The monoisotopic (exact) mass is 348 g/mol. The van der Waals surface area contributed by atoms with Crippen molar-refractivity contribution in [1.82, 2.24) is 15.5 Å². The minimum absolute atomic E-state index is 0.0158. The fraction of sp³-hybridized carbons (Fsp3) is 0.579. The lowest BCUT2D eigenvalue weighted by atomic mass is 9.89. The standard InChI is InChI=1S/C19H29FN4O/c1-24(2)18(25)14-23-19(21-12-15-7-4-3-5-8-15)22-13-16-9-6-10-17(20)11-16/h6,9-11,15H,3-5,7-8,12-14H2,1-2H3,(H2,21,22,23). The van der Waals surface area contributed by atoms with Crippen molar-refractivity contribution in [2.24, 2.45) is 10.9 Å². The number of carbonyl (C=O) groups excluding carboxylic acids is 1. The molecule has 0 saturated heterocycles. The van der Waals surface area contributed by atoms with E-state index in [9.17, 15) is 9.18 Å². The van der Waals surface area contributed by atoms with E-state index in [0.717, 1.165) is 12.1 Å². The van der Waals surface area contributed by atoms with Crippen LogP contribution in [0.4, 0.5) is 4.39 Å². The number of hydrogen-bond donors (Lipinski definition) is 2. The Kier molecular flexibility index (Phi) is 7.70. The van der Waals surface area contributed by atoms with Gasteiger partial charge >= 0.3 is 0 Å². The molecule has 0 bridgehead atoms. The zero-order valence-corrected chi connectivity index (χ0v) is 15.2. The number of likely N-dealkylation sites (N-methyl/N-ethyl adjacent to an activating group) is 1. The summed E-state index contributed by atoms with van der Waals surface area (Å²) in [6.07, 6.45) is 6.37. The number of hydrogen-bond acceptors (Lipinski definition) is 2. The minimum Gasteiger partial charge on any atom is -0.356 e. The average Bonchev–Trinajstić information content (AvgIpc) is 2.61. The molecule has 1 saturated carbocycles. The van der Waals surface area contributed by atoms with E-state index < -0.39 is 0 Å². The Bertz CT molecular complexity index is 583. The summed E-state index contributed by atoms with van der Waals surface area (Å²) in [7, 11) is 3.45. The van der Waals surface area contributed by atoms with Crippen molar-refractivity contribution in [3.05, 3.63) is 35.6 Å². The van der Waals surface area contributed by atoms with Gasteiger partial charge in [-0.15, -0.1) is 0 Å².